The van der Waals surface area contributed by atoms with Gasteiger partial charge in [-0.2, -0.15) is 0 Å². The van der Waals surface area contributed by atoms with Crippen LogP contribution >= 0.6 is 0 Å². The molecule has 0 saturated heterocycles. The summed E-state index contributed by atoms with van der Waals surface area (Å²) in [5.74, 6) is 1.64. The number of hydrogen-bond acceptors (Lipinski definition) is 3. The summed E-state index contributed by atoms with van der Waals surface area (Å²) in [6.07, 6.45) is 10.6. The van der Waals surface area contributed by atoms with Crippen LogP contribution in [0.3, 0.4) is 0 Å². The van der Waals surface area contributed by atoms with Crippen molar-refractivity contribution in [2.45, 2.75) is 71.6 Å². The smallest absolute Gasteiger partial charge is 0.418 e. The zero-order chi connectivity index (χ0) is 24.9. The van der Waals surface area contributed by atoms with Gasteiger partial charge in [0.2, 0.25) is 6.33 Å². The van der Waals surface area contributed by atoms with Crippen LogP contribution in [0.5, 0.6) is 0 Å². The summed E-state index contributed by atoms with van der Waals surface area (Å²) in [6.45, 7) is 17.4. The minimum Gasteiger partial charge on any atom is -0.418 e. The van der Waals surface area contributed by atoms with Crippen molar-refractivity contribution in [3.8, 4) is 11.6 Å². The number of hydrogen-bond donors (Lipinski definition) is 0. The molecular formula is C28H35N6Pt+. The molecule has 0 aliphatic rings. The molecule has 0 N–H and O–H groups in total. The van der Waals surface area contributed by atoms with Gasteiger partial charge < -0.3 is 18.7 Å². The van der Waals surface area contributed by atoms with Crippen LogP contribution in [0.2, 0.25) is 0 Å². The Kier molecular flexibility index (Phi) is 7.30. The number of imidazole rings is 2. The third-order valence-corrected chi connectivity index (χ3v) is 6.18. The Morgan fingerprint density at radius 1 is 0.714 bits per heavy atom. The molecule has 35 heavy (non-hydrogen) atoms. The summed E-state index contributed by atoms with van der Waals surface area (Å²) < 4.78 is 5.88. The average Bonchev–Trinajstić information content (AvgIpc) is 3.41. The molecule has 7 heteroatoms. The van der Waals surface area contributed by atoms with E-state index in [0.29, 0.717) is 0 Å². The quantitative estimate of drug-likeness (QED) is 0.236. The maximum atomic E-state index is 5.02. The van der Waals surface area contributed by atoms with Crippen LogP contribution < -0.4 is 4.57 Å². The third kappa shape index (κ3) is 5.48. The van der Waals surface area contributed by atoms with E-state index in [1.807, 2.05) is 51.2 Å². The summed E-state index contributed by atoms with van der Waals surface area (Å²) in [6, 6.07) is 12.2. The monoisotopic (exact) mass is 650 g/mol. The second-order valence-electron chi connectivity index (χ2n) is 11.5. The first-order chi connectivity index (χ1) is 15.8. The molecule has 0 aromatic carbocycles. The summed E-state index contributed by atoms with van der Waals surface area (Å²) in [5.41, 5.74) is 3.64. The zero-order valence-corrected chi connectivity index (χ0v) is 24.4. The Hall–Kier alpha value is -2.59. The second kappa shape index (κ2) is 9.46. The number of aryl methyl sites for hydroxylation is 1. The van der Waals surface area contributed by atoms with E-state index >= 15 is 0 Å². The van der Waals surface area contributed by atoms with E-state index in [-0.39, 0.29) is 31.9 Å². The van der Waals surface area contributed by atoms with Crippen molar-refractivity contribution in [2.75, 3.05) is 0 Å². The molecule has 0 fully saturated rings. The predicted octanol–water partition coefficient (Wildman–Crippen LogP) is 4.80. The first kappa shape index (κ1) is 27.0. The van der Waals surface area contributed by atoms with Crippen LogP contribution in [0, 0.1) is 12.7 Å². The van der Waals surface area contributed by atoms with Crippen molar-refractivity contribution >= 4 is 0 Å². The summed E-state index contributed by atoms with van der Waals surface area (Å²) in [4.78, 5) is 14.5. The molecule has 6 nitrogen and oxygen atoms in total. The van der Waals surface area contributed by atoms with Gasteiger partial charge >= 0.3 is 21.1 Å². The molecule has 4 heterocycles. The molecule has 186 valence electrons. The van der Waals surface area contributed by atoms with Crippen LogP contribution in [-0.4, -0.2) is 24.1 Å². The molecule has 0 bridgehead atoms. The van der Waals surface area contributed by atoms with E-state index in [0.717, 1.165) is 28.7 Å². The fourth-order valence-electron chi connectivity index (χ4n) is 3.98. The molecule has 0 amide bonds. The SMILES string of the molecule is C[n+]1[c-]n(-c2cccc(C(C)(C)c3cccc(-n4[c-]nc(C(C)(C)C)c4)n3)n2)cc1C(C)(C)C.[Pt+2]. The largest absolute Gasteiger partial charge is 2.00 e. The van der Waals surface area contributed by atoms with Gasteiger partial charge in [-0.3, -0.25) is 9.97 Å². The Morgan fingerprint density at radius 2 is 1.26 bits per heavy atom. The Balaban J connectivity index is 0.00000342. The minimum atomic E-state index is -0.401. The van der Waals surface area contributed by atoms with E-state index in [2.05, 4.69) is 91.4 Å². The van der Waals surface area contributed by atoms with Gasteiger partial charge in [0.1, 0.15) is 5.82 Å². The Labute approximate surface area is 223 Å². The number of pyridine rings is 2. The van der Waals surface area contributed by atoms with Crippen LogP contribution in [0.15, 0.2) is 48.8 Å². The van der Waals surface area contributed by atoms with Crippen molar-refractivity contribution < 1.29 is 25.6 Å². The summed E-state index contributed by atoms with van der Waals surface area (Å²) in [5, 5.41) is 0. The molecular weight excluding hydrogens is 615 g/mol. The number of aromatic nitrogens is 6. The van der Waals surface area contributed by atoms with Gasteiger partial charge in [0.15, 0.2) is 0 Å². The molecule has 0 unspecified atom stereocenters. The molecule has 0 aliphatic carbocycles. The fourth-order valence-corrected chi connectivity index (χ4v) is 3.98. The molecule has 4 aromatic heterocycles. The normalized spacial score (nSPS) is 12.5. The van der Waals surface area contributed by atoms with Crippen molar-refractivity contribution in [3.05, 3.63) is 84.2 Å². The minimum absolute atomic E-state index is 0. The Bertz CT molecular complexity index is 1320. The first-order valence-corrected chi connectivity index (χ1v) is 11.7. The maximum Gasteiger partial charge on any atom is 2.00 e. The zero-order valence-electron chi connectivity index (χ0n) is 22.1. The fraction of sp³-hybridized carbons (Fsp3) is 0.429. The second-order valence-corrected chi connectivity index (χ2v) is 11.5. The third-order valence-electron chi connectivity index (χ3n) is 6.18. The summed E-state index contributed by atoms with van der Waals surface area (Å²) in [7, 11) is 2.03. The molecule has 0 spiro atoms. The van der Waals surface area contributed by atoms with Crippen molar-refractivity contribution in [1.29, 1.82) is 0 Å². The topological polar surface area (TPSA) is 52.4 Å². The molecule has 0 saturated carbocycles. The van der Waals surface area contributed by atoms with Gasteiger partial charge in [0.25, 0.3) is 0 Å². The molecule has 4 aromatic rings. The van der Waals surface area contributed by atoms with Gasteiger partial charge in [-0.1, -0.05) is 71.6 Å². The average molecular weight is 651 g/mol. The summed E-state index contributed by atoms with van der Waals surface area (Å²) >= 11 is 0. The predicted molar refractivity (Wildman–Crippen MR) is 133 cm³/mol. The van der Waals surface area contributed by atoms with Gasteiger partial charge in [0.05, 0.1) is 12.9 Å². The molecule has 0 radical (unpaired) electrons. The van der Waals surface area contributed by atoms with E-state index < -0.39 is 5.41 Å². The van der Waals surface area contributed by atoms with Gasteiger partial charge in [-0.25, -0.2) is 0 Å². The van der Waals surface area contributed by atoms with Crippen LogP contribution in [0.25, 0.3) is 11.6 Å². The van der Waals surface area contributed by atoms with Gasteiger partial charge in [-0.15, -0.1) is 0 Å². The van der Waals surface area contributed by atoms with Crippen LogP contribution in [0.1, 0.15) is 78.2 Å². The molecule has 0 aliphatic heterocycles. The van der Waals surface area contributed by atoms with Crippen molar-refractivity contribution in [1.82, 2.24) is 24.1 Å². The van der Waals surface area contributed by atoms with Crippen molar-refractivity contribution in [2.24, 2.45) is 7.05 Å². The van der Waals surface area contributed by atoms with Crippen LogP contribution in [-0.2, 0) is 44.4 Å². The molecule has 4 rings (SSSR count). The standard InChI is InChI=1S/C28H35N6.Pt/c1-26(2,3)22-16-33(18-29-22)24-14-10-12-20(30-24)28(7,8)21-13-11-15-25(31-21)34-17-23(27(4,5)6)32(9)19-34;/h10-17H,1-9H3;/q-1;+2. The van der Waals surface area contributed by atoms with Crippen LogP contribution in [0.4, 0.5) is 0 Å². The van der Waals surface area contributed by atoms with Gasteiger partial charge in [-0.05, 0) is 42.9 Å². The first-order valence-electron chi connectivity index (χ1n) is 11.7. The number of rotatable bonds is 4. The molecule has 0 atom stereocenters. The maximum absolute atomic E-state index is 5.02. The van der Waals surface area contributed by atoms with Gasteiger partial charge in [0, 0.05) is 35.0 Å². The van der Waals surface area contributed by atoms with E-state index in [9.17, 15) is 0 Å². The van der Waals surface area contributed by atoms with E-state index in [4.69, 9.17) is 9.97 Å². The van der Waals surface area contributed by atoms with E-state index in [1.165, 1.54) is 5.69 Å². The number of nitrogens with zero attached hydrogens (tertiary/aromatic N) is 6. The van der Waals surface area contributed by atoms with Crippen molar-refractivity contribution in [3.63, 3.8) is 0 Å². The van der Waals surface area contributed by atoms with E-state index in [1.54, 1.807) is 0 Å². The Morgan fingerprint density at radius 3 is 1.71 bits per heavy atom.